The van der Waals surface area contributed by atoms with E-state index in [0.29, 0.717) is 19.4 Å². The van der Waals surface area contributed by atoms with Crippen LogP contribution in [-0.4, -0.2) is 47.3 Å². The number of fused-ring (bicyclic) bond motifs is 1. The highest BCUT2D eigenvalue weighted by Crippen LogP contribution is 2.39. The highest BCUT2D eigenvalue weighted by Gasteiger charge is 2.33. The summed E-state index contributed by atoms with van der Waals surface area (Å²) in [7, 11) is 0. The number of rotatable bonds is 5. The quantitative estimate of drug-likeness (QED) is 0.799. The number of urea groups is 1. The molecular weight excluding hydrogens is 370 g/mol. The number of hydrogen-bond donors (Lipinski definition) is 1. The van der Waals surface area contributed by atoms with E-state index in [1.165, 1.54) is 20.2 Å². The molecule has 0 saturated carbocycles. The molecule has 2 aromatic heterocycles. The van der Waals surface area contributed by atoms with Crippen LogP contribution in [0.4, 0.5) is 4.79 Å². The number of imide groups is 1. The average Bonchev–Trinajstić information content (AvgIpc) is 3.37. The van der Waals surface area contributed by atoms with Gasteiger partial charge in [0.25, 0.3) is 0 Å². The third-order valence-corrected chi connectivity index (χ3v) is 6.73. The molecule has 1 N–H and O–H groups in total. The van der Waals surface area contributed by atoms with Crippen LogP contribution in [0.15, 0.2) is 29.0 Å². The molecule has 4 heterocycles. The van der Waals surface area contributed by atoms with Crippen molar-refractivity contribution in [3.05, 3.63) is 44.3 Å². The lowest BCUT2D eigenvalue weighted by Gasteiger charge is -2.35. The van der Waals surface area contributed by atoms with Gasteiger partial charge in [-0.05, 0) is 41.3 Å². The standard InChI is InChI=1S/C18H19N3O3S2/c22-15(4-1-7-21-16(23)11-19-18(21)24)20-8-5-13-12(6-10-26-13)17(20)14-3-2-9-25-14/h2-3,6,9-10,17H,1,4-5,7-8,11H2,(H,19,24)/t17-/m0/s1. The zero-order valence-corrected chi connectivity index (χ0v) is 15.8. The van der Waals surface area contributed by atoms with Gasteiger partial charge in [-0.1, -0.05) is 6.07 Å². The molecule has 1 atom stereocenters. The van der Waals surface area contributed by atoms with Crippen LogP contribution < -0.4 is 5.32 Å². The fourth-order valence-electron chi connectivity index (χ4n) is 3.55. The summed E-state index contributed by atoms with van der Waals surface area (Å²) in [4.78, 5) is 41.8. The molecule has 4 rings (SSSR count). The van der Waals surface area contributed by atoms with Gasteiger partial charge in [-0.2, -0.15) is 0 Å². The molecule has 0 radical (unpaired) electrons. The minimum atomic E-state index is -0.361. The van der Waals surface area contributed by atoms with Gasteiger partial charge < -0.3 is 10.2 Å². The van der Waals surface area contributed by atoms with Crippen molar-refractivity contribution in [3.63, 3.8) is 0 Å². The summed E-state index contributed by atoms with van der Waals surface area (Å²) >= 11 is 3.42. The maximum atomic E-state index is 12.9. The molecule has 0 aromatic carbocycles. The van der Waals surface area contributed by atoms with E-state index in [9.17, 15) is 14.4 Å². The lowest BCUT2D eigenvalue weighted by Crippen LogP contribution is -2.40. The molecule has 26 heavy (non-hydrogen) atoms. The molecular formula is C18H19N3O3S2. The van der Waals surface area contributed by atoms with Gasteiger partial charge in [0.05, 0.1) is 12.6 Å². The first-order chi connectivity index (χ1) is 12.6. The molecule has 2 aromatic rings. The largest absolute Gasteiger partial charge is 0.330 e. The normalized spacial score (nSPS) is 19.6. The van der Waals surface area contributed by atoms with Gasteiger partial charge in [0, 0.05) is 29.3 Å². The highest BCUT2D eigenvalue weighted by molar-refractivity contribution is 7.10. The molecule has 136 valence electrons. The summed E-state index contributed by atoms with van der Waals surface area (Å²) in [5.41, 5.74) is 1.23. The number of carbonyl (C=O) groups is 3. The first kappa shape index (κ1) is 17.2. The Balaban J connectivity index is 1.45. The molecule has 1 saturated heterocycles. The van der Waals surface area contributed by atoms with Crippen LogP contribution in [0.25, 0.3) is 0 Å². The van der Waals surface area contributed by atoms with E-state index in [4.69, 9.17) is 0 Å². The van der Waals surface area contributed by atoms with Gasteiger partial charge in [0.15, 0.2) is 0 Å². The molecule has 4 amide bonds. The SMILES string of the molecule is O=C1CNC(=O)N1CCCC(=O)N1CCc2sccc2[C@H]1c1cccs1. The monoisotopic (exact) mass is 389 g/mol. The summed E-state index contributed by atoms with van der Waals surface area (Å²) in [5, 5.41) is 6.63. The third-order valence-electron chi connectivity index (χ3n) is 4.81. The minimum Gasteiger partial charge on any atom is -0.330 e. The van der Waals surface area contributed by atoms with Gasteiger partial charge in [-0.25, -0.2) is 4.79 Å². The first-order valence-corrected chi connectivity index (χ1v) is 10.4. The molecule has 6 nitrogen and oxygen atoms in total. The molecule has 2 aliphatic heterocycles. The Kier molecular flexibility index (Phi) is 4.78. The maximum Gasteiger partial charge on any atom is 0.324 e. The van der Waals surface area contributed by atoms with E-state index in [0.717, 1.165) is 6.42 Å². The topological polar surface area (TPSA) is 69.7 Å². The van der Waals surface area contributed by atoms with Crippen molar-refractivity contribution in [2.45, 2.75) is 25.3 Å². The van der Waals surface area contributed by atoms with Crippen LogP contribution in [0.2, 0.25) is 0 Å². The minimum absolute atomic E-state index is 0.0192. The number of carbonyl (C=O) groups excluding carboxylic acids is 3. The Morgan fingerprint density at radius 1 is 1.23 bits per heavy atom. The molecule has 1 fully saturated rings. The summed E-state index contributed by atoms with van der Waals surface area (Å²) in [5.74, 6) is -0.146. The predicted molar refractivity (Wildman–Crippen MR) is 100 cm³/mol. The van der Waals surface area contributed by atoms with Crippen LogP contribution >= 0.6 is 22.7 Å². The van der Waals surface area contributed by atoms with Crippen LogP contribution in [0.3, 0.4) is 0 Å². The van der Waals surface area contributed by atoms with Crippen LogP contribution in [0, 0.1) is 0 Å². The van der Waals surface area contributed by atoms with Crippen LogP contribution in [-0.2, 0) is 16.0 Å². The zero-order valence-electron chi connectivity index (χ0n) is 14.1. The lowest BCUT2D eigenvalue weighted by atomic mass is 9.98. The average molecular weight is 390 g/mol. The maximum absolute atomic E-state index is 12.9. The fourth-order valence-corrected chi connectivity index (χ4v) is 5.31. The first-order valence-electron chi connectivity index (χ1n) is 8.62. The zero-order chi connectivity index (χ0) is 18.1. The summed E-state index contributed by atoms with van der Waals surface area (Å²) < 4.78 is 0. The van der Waals surface area contributed by atoms with Crippen molar-refractivity contribution in [2.24, 2.45) is 0 Å². The van der Waals surface area contributed by atoms with Crippen molar-refractivity contribution in [1.82, 2.24) is 15.1 Å². The van der Waals surface area contributed by atoms with E-state index in [1.807, 2.05) is 16.3 Å². The molecule has 0 spiro atoms. The number of hydrogen-bond acceptors (Lipinski definition) is 5. The number of amides is 4. The number of thiophene rings is 2. The summed E-state index contributed by atoms with van der Waals surface area (Å²) in [6.07, 6.45) is 1.70. The summed E-state index contributed by atoms with van der Waals surface area (Å²) in [6.45, 7) is 1.05. The Hall–Kier alpha value is -2.19. The second-order valence-electron chi connectivity index (χ2n) is 6.36. The Labute approximate surface area is 159 Å². The highest BCUT2D eigenvalue weighted by atomic mass is 32.1. The van der Waals surface area contributed by atoms with E-state index in [-0.39, 0.29) is 37.0 Å². The van der Waals surface area contributed by atoms with Crippen molar-refractivity contribution < 1.29 is 14.4 Å². The smallest absolute Gasteiger partial charge is 0.324 e. The van der Waals surface area contributed by atoms with Crippen molar-refractivity contribution in [1.29, 1.82) is 0 Å². The third kappa shape index (κ3) is 3.14. The summed E-state index contributed by atoms with van der Waals surface area (Å²) in [6, 6.07) is 5.84. The van der Waals surface area contributed by atoms with Crippen LogP contribution in [0.5, 0.6) is 0 Å². The molecule has 8 heteroatoms. The van der Waals surface area contributed by atoms with E-state index >= 15 is 0 Å². The molecule has 0 bridgehead atoms. The van der Waals surface area contributed by atoms with Crippen molar-refractivity contribution >= 4 is 40.5 Å². The molecule has 2 aliphatic rings. The number of nitrogens with one attached hydrogen (secondary N) is 1. The second kappa shape index (κ2) is 7.20. The van der Waals surface area contributed by atoms with Crippen molar-refractivity contribution in [3.8, 4) is 0 Å². The second-order valence-corrected chi connectivity index (χ2v) is 8.34. The molecule has 0 unspecified atom stereocenters. The van der Waals surface area contributed by atoms with E-state index in [2.05, 4.69) is 22.8 Å². The Morgan fingerprint density at radius 2 is 2.12 bits per heavy atom. The van der Waals surface area contributed by atoms with Gasteiger partial charge in [0.1, 0.15) is 0 Å². The Bertz CT molecular complexity index is 815. The fraction of sp³-hybridized carbons (Fsp3) is 0.389. The van der Waals surface area contributed by atoms with Gasteiger partial charge in [-0.15, -0.1) is 22.7 Å². The van der Waals surface area contributed by atoms with Gasteiger partial charge in [0.2, 0.25) is 11.8 Å². The Morgan fingerprint density at radius 3 is 2.85 bits per heavy atom. The number of nitrogens with zero attached hydrogens (tertiary/aromatic N) is 2. The lowest BCUT2D eigenvalue weighted by molar-refractivity contribution is -0.134. The van der Waals surface area contributed by atoms with Crippen molar-refractivity contribution in [2.75, 3.05) is 19.6 Å². The van der Waals surface area contributed by atoms with Crippen LogP contribution in [0.1, 0.15) is 34.2 Å². The molecule has 0 aliphatic carbocycles. The predicted octanol–water partition coefficient (Wildman–Crippen LogP) is 2.62. The van der Waals surface area contributed by atoms with E-state index < -0.39 is 0 Å². The van der Waals surface area contributed by atoms with Gasteiger partial charge >= 0.3 is 6.03 Å². The van der Waals surface area contributed by atoms with E-state index in [1.54, 1.807) is 22.7 Å². The van der Waals surface area contributed by atoms with Gasteiger partial charge in [-0.3, -0.25) is 14.5 Å².